The molecule has 1 amide bonds. The lowest BCUT2D eigenvalue weighted by molar-refractivity contribution is -0.116. The largest absolute Gasteiger partial charge is 0.372 e. The van der Waals surface area contributed by atoms with Gasteiger partial charge in [0.1, 0.15) is 0 Å². The van der Waals surface area contributed by atoms with Crippen molar-refractivity contribution in [1.82, 2.24) is 4.90 Å². The molecule has 0 aromatic heterocycles. The second-order valence-electron chi connectivity index (χ2n) is 8.06. The van der Waals surface area contributed by atoms with Crippen LogP contribution in [-0.2, 0) is 4.79 Å². The van der Waals surface area contributed by atoms with Crippen molar-refractivity contribution in [2.45, 2.75) is 25.7 Å². The van der Waals surface area contributed by atoms with Crippen LogP contribution in [0.3, 0.4) is 0 Å². The molecular weight excluding hydrogens is 360 g/mol. The molecule has 0 saturated carbocycles. The van der Waals surface area contributed by atoms with Crippen LogP contribution >= 0.6 is 0 Å². The van der Waals surface area contributed by atoms with Gasteiger partial charge in [-0.05, 0) is 55.7 Å². The Hall–Kier alpha value is -2.53. The van der Waals surface area contributed by atoms with Crippen molar-refractivity contribution >= 4 is 23.0 Å². The van der Waals surface area contributed by atoms with Gasteiger partial charge in [-0.3, -0.25) is 9.69 Å². The van der Waals surface area contributed by atoms with Crippen LogP contribution in [0.1, 0.15) is 25.7 Å². The fourth-order valence-corrected chi connectivity index (χ4v) is 4.26. The molecule has 0 radical (unpaired) electrons. The first kappa shape index (κ1) is 19.8. The minimum atomic E-state index is 0.0983. The number of hydrogen-bond donors (Lipinski definition) is 1. The van der Waals surface area contributed by atoms with Crippen molar-refractivity contribution in [3.63, 3.8) is 0 Å². The summed E-state index contributed by atoms with van der Waals surface area (Å²) in [6.45, 7) is 7.15. The van der Waals surface area contributed by atoms with Crippen LogP contribution in [0, 0.1) is 0 Å². The molecule has 2 aliphatic heterocycles. The topological polar surface area (TPSA) is 38.8 Å². The molecule has 5 nitrogen and oxygen atoms in total. The highest BCUT2D eigenvalue weighted by atomic mass is 16.1. The highest BCUT2D eigenvalue weighted by Crippen LogP contribution is 2.22. The van der Waals surface area contributed by atoms with Crippen LogP contribution in [0.4, 0.5) is 17.1 Å². The zero-order chi connectivity index (χ0) is 19.9. The van der Waals surface area contributed by atoms with E-state index in [-0.39, 0.29) is 5.91 Å². The van der Waals surface area contributed by atoms with Crippen LogP contribution in [0.15, 0.2) is 54.6 Å². The van der Waals surface area contributed by atoms with E-state index in [1.807, 2.05) is 12.1 Å². The van der Waals surface area contributed by atoms with Gasteiger partial charge in [0, 0.05) is 69.3 Å². The maximum atomic E-state index is 12.4. The molecule has 2 saturated heterocycles. The number of anilines is 3. The number of carbonyl (C=O) groups is 1. The molecule has 0 aliphatic carbocycles. The number of piperidine rings is 1. The summed E-state index contributed by atoms with van der Waals surface area (Å²) in [7, 11) is 0. The normalized spacial score (nSPS) is 17.9. The molecule has 2 aromatic carbocycles. The third-order valence-electron chi connectivity index (χ3n) is 6.02. The molecule has 0 bridgehead atoms. The summed E-state index contributed by atoms with van der Waals surface area (Å²) >= 11 is 0. The predicted molar refractivity (Wildman–Crippen MR) is 121 cm³/mol. The Balaban J connectivity index is 1.18. The van der Waals surface area contributed by atoms with Crippen molar-refractivity contribution < 1.29 is 4.79 Å². The summed E-state index contributed by atoms with van der Waals surface area (Å²) in [5.41, 5.74) is 3.45. The lowest BCUT2D eigenvalue weighted by atomic mass is 10.1. The minimum absolute atomic E-state index is 0.0983. The van der Waals surface area contributed by atoms with Gasteiger partial charge in [-0.2, -0.15) is 0 Å². The highest BCUT2D eigenvalue weighted by Gasteiger charge is 2.17. The van der Waals surface area contributed by atoms with Gasteiger partial charge >= 0.3 is 0 Å². The number of nitrogens with one attached hydrogen (secondary N) is 1. The number of benzene rings is 2. The lowest BCUT2D eigenvalue weighted by Gasteiger charge is -2.36. The Morgan fingerprint density at radius 1 is 0.724 bits per heavy atom. The van der Waals surface area contributed by atoms with Gasteiger partial charge in [0.25, 0.3) is 0 Å². The quantitative estimate of drug-likeness (QED) is 0.811. The van der Waals surface area contributed by atoms with Gasteiger partial charge in [-0.15, -0.1) is 0 Å². The van der Waals surface area contributed by atoms with E-state index >= 15 is 0 Å². The molecule has 0 unspecified atom stereocenters. The number of nitrogens with zero attached hydrogens (tertiary/aromatic N) is 3. The Morgan fingerprint density at radius 3 is 2.03 bits per heavy atom. The summed E-state index contributed by atoms with van der Waals surface area (Å²) in [4.78, 5) is 19.6. The smallest absolute Gasteiger partial charge is 0.225 e. The van der Waals surface area contributed by atoms with Crippen molar-refractivity contribution in [2.75, 3.05) is 60.9 Å². The average Bonchev–Trinajstić information content (AvgIpc) is 2.80. The number of amides is 1. The second-order valence-corrected chi connectivity index (χ2v) is 8.06. The van der Waals surface area contributed by atoms with E-state index < -0.39 is 0 Å². The zero-order valence-corrected chi connectivity index (χ0v) is 17.2. The summed E-state index contributed by atoms with van der Waals surface area (Å²) in [5, 5.41) is 3.05. The van der Waals surface area contributed by atoms with Crippen LogP contribution in [0.25, 0.3) is 0 Å². The number of rotatable bonds is 6. The first-order valence-electron chi connectivity index (χ1n) is 11.0. The van der Waals surface area contributed by atoms with Gasteiger partial charge in [0.2, 0.25) is 5.91 Å². The van der Waals surface area contributed by atoms with Crippen molar-refractivity contribution in [2.24, 2.45) is 0 Å². The van der Waals surface area contributed by atoms with E-state index in [4.69, 9.17) is 0 Å². The molecule has 2 aromatic rings. The first-order chi connectivity index (χ1) is 14.3. The van der Waals surface area contributed by atoms with Gasteiger partial charge in [-0.25, -0.2) is 0 Å². The van der Waals surface area contributed by atoms with Crippen LogP contribution < -0.4 is 15.1 Å². The van der Waals surface area contributed by atoms with E-state index in [9.17, 15) is 4.79 Å². The summed E-state index contributed by atoms with van der Waals surface area (Å²) in [6.07, 6.45) is 4.43. The van der Waals surface area contributed by atoms with Gasteiger partial charge < -0.3 is 15.1 Å². The van der Waals surface area contributed by atoms with Gasteiger partial charge in [0.15, 0.2) is 0 Å². The maximum absolute atomic E-state index is 12.4. The summed E-state index contributed by atoms with van der Waals surface area (Å²) in [5.74, 6) is 0.0983. The molecule has 154 valence electrons. The molecule has 0 spiro atoms. The fourth-order valence-electron chi connectivity index (χ4n) is 4.26. The number of carbonyl (C=O) groups excluding carboxylic acids is 1. The number of piperazine rings is 1. The van der Waals surface area contributed by atoms with Gasteiger partial charge in [-0.1, -0.05) is 18.2 Å². The lowest BCUT2D eigenvalue weighted by Crippen LogP contribution is -2.47. The minimum Gasteiger partial charge on any atom is -0.372 e. The Kier molecular flexibility index (Phi) is 6.67. The van der Waals surface area contributed by atoms with E-state index in [0.717, 1.165) is 51.5 Å². The van der Waals surface area contributed by atoms with Crippen LogP contribution in [0.5, 0.6) is 0 Å². The third-order valence-corrected chi connectivity index (χ3v) is 6.02. The molecule has 2 fully saturated rings. The molecule has 4 rings (SSSR count). The highest BCUT2D eigenvalue weighted by molar-refractivity contribution is 5.91. The molecule has 2 heterocycles. The van der Waals surface area contributed by atoms with Crippen molar-refractivity contribution in [3.8, 4) is 0 Å². The van der Waals surface area contributed by atoms with Gasteiger partial charge in [0.05, 0.1) is 0 Å². The maximum Gasteiger partial charge on any atom is 0.225 e. The summed E-state index contributed by atoms with van der Waals surface area (Å²) in [6, 6.07) is 18.9. The molecule has 0 atom stereocenters. The van der Waals surface area contributed by atoms with E-state index in [1.54, 1.807) is 0 Å². The Bertz CT molecular complexity index is 763. The predicted octanol–water partition coefficient (Wildman–Crippen LogP) is 3.83. The summed E-state index contributed by atoms with van der Waals surface area (Å²) < 4.78 is 0. The number of para-hydroxylation sites is 1. The second kappa shape index (κ2) is 9.79. The monoisotopic (exact) mass is 392 g/mol. The molecule has 5 heteroatoms. The molecular formula is C24H32N4O. The molecule has 1 N–H and O–H groups in total. The third kappa shape index (κ3) is 5.51. The SMILES string of the molecule is O=C(CCN1CCN(c2ccccc2)CC1)Nc1ccc(N2CCCCC2)cc1. The molecule has 2 aliphatic rings. The van der Waals surface area contributed by atoms with Crippen LogP contribution in [-0.4, -0.2) is 56.6 Å². The molecule has 29 heavy (non-hydrogen) atoms. The average molecular weight is 393 g/mol. The standard InChI is InChI=1S/C24H32N4O/c29-24(25-21-9-11-23(12-10-21)27-14-5-2-6-15-27)13-16-26-17-19-28(20-18-26)22-7-3-1-4-8-22/h1,3-4,7-12H,2,5-6,13-20H2,(H,25,29). The van der Waals surface area contributed by atoms with Crippen molar-refractivity contribution in [3.05, 3.63) is 54.6 Å². The van der Waals surface area contributed by atoms with Crippen LogP contribution in [0.2, 0.25) is 0 Å². The van der Waals surface area contributed by atoms with E-state index in [0.29, 0.717) is 6.42 Å². The first-order valence-corrected chi connectivity index (χ1v) is 11.0. The Labute approximate surface area is 174 Å². The fraction of sp³-hybridized carbons (Fsp3) is 0.458. The van der Waals surface area contributed by atoms with E-state index in [1.165, 1.54) is 30.6 Å². The number of hydrogen-bond acceptors (Lipinski definition) is 4. The van der Waals surface area contributed by atoms with Crippen molar-refractivity contribution in [1.29, 1.82) is 0 Å². The van der Waals surface area contributed by atoms with E-state index in [2.05, 4.69) is 62.5 Å². The zero-order valence-electron chi connectivity index (χ0n) is 17.2. The Morgan fingerprint density at radius 2 is 1.34 bits per heavy atom.